The number of hydrogen-bond donors (Lipinski definition) is 3. The topological polar surface area (TPSA) is 119 Å². The van der Waals surface area contributed by atoms with E-state index in [0.717, 1.165) is 6.42 Å². The first kappa shape index (κ1) is 15.4. The van der Waals surface area contributed by atoms with Crippen LogP contribution in [-0.2, 0) is 21.4 Å². The fraction of sp³-hybridized carbons (Fsp3) is 0.600. The first-order valence-electron chi connectivity index (χ1n) is 5.94. The van der Waals surface area contributed by atoms with Crippen molar-refractivity contribution in [1.29, 1.82) is 0 Å². The molecule has 0 aliphatic heterocycles. The molecule has 1 aromatic rings. The Morgan fingerprint density at radius 2 is 2.21 bits per heavy atom. The van der Waals surface area contributed by atoms with Crippen LogP contribution in [-0.4, -0.2) is 37.7 Å². The van der Waals surface area contributed by atoms with Gasteiger partial charge >= 0.3 is 0 Å². The minimum Gasteiger partial charge on any atom is -0.381 e. The molecule has 0 spiro atoms. The van der Waals surface area contributed by atoms with E-state index < -0.39 is 10.0 Å². The number of carbonyl (C=O) groups excluding carboxylic acids is 1. The number of amides is 1. The van der Waals surface area contributed by atoms with Gasteiger partial charge in [0.1, 0.15) is 4.90 Å². The summed E-state index contributed by atoms with van der Waals surface area (Å²) in [6.45, 7) is 2.56. The number of nitrogens with two attached hydrogens (primary N) is 1. The van der Waals surface area contributed by atoms with Gasteiger partial charge in [-0.25, -0.2) is 13.1 Å². The van der Waals surface area contributed by atoms with Crippen LogP contribution in [0.15, 0.2) is 11.1 Å². The van der Waals surface area contributed by atoms with E-state index in [1.54, 1.807) is 0 Å². The molecule has 0 bridgehead atoms. The third-order valence-electron chi connectivity index (χ3n) is 2.42. The van der Waals surface area contributed by atoms with Crippen molar-refractivity contribution in [3.8, 4) is 0 Å². The minimum absolute atomic E-state index is 0.0143. The number of carbonyl (C=O) groups is 1. The average molecular weight is 289 g/mol. The highest BCUT2D eigenvalue weighted by molar-refractivity contribution is 7.89. The minimum atomic E-state index is -3.73. The molecular formula is C10H19N5O3S. The molecule has 0 radical (unpaired) electrons. The van der Waals surface area contributed by atoms with Crippen LogP contribution in [0.2, 0.25) is 0 Å². The lowest BCUT2D eigenvalue weighted by Gasteiger charge is -2.04. The molecule has 0 atom stereocenters. The predicted molar refractivity (Wildman–Crippen MR) is 70.8 cm³/mol. The standard InChI is InChI=1S/C10H19N5O3S/c1-3-6-15-7-8(10(11)14-15)19(17,18)13-5-4-9(16)12-2/h7,13H,3-6H2,1-2H3,(H2,11,14)(H,12,16). The maximum Gasteiger partial charge on any atom is 0.245 e. The van der Waals surface area contributed by atoms with E-state index in [9.17, 15) is 13.2 Å². The molecule has 19 heavy (non-hydrogen) atoms. The molecule has 0 fully saturated rings. The number of nitrogen functional groups attached to an aromatic ring is 1. The Morgan fingerprint density at radius 1 is 1.53 bits per heavy atom. The second-order valence-electron chi connectivity index (χ2n) is 3.96. The molecule has 0 unspecified atom stereocenters. The normalized spacial score (nSPS) is 11.5. The maximum absolute atomic E-state index is 12.0. The van der Waals surface area contributed by atoms with Crippen LogP contribution in [0.5, 0.6) is 0 Å². The van der Waals surface area contributed by atoms with Gasteiger partial charge in [0.15, 0.2) is 5.82 Å². The van der Waals surface area contributed by atoms with Gasteiger partial charge in [0.2, 0.25) is 15.9 Å². The van der Waals surface area contributed by atoms with Crippen LogP contribution in [0.4, 0.5) is 5.82 Å². The van der Waals surface area contributed by atoms with Crippen molar-refractivity contribution in [2.75, 3.05) is 19.3 Å². The zero-order valence-corrected chi connectivity index (χ0v) is 11.8. The zero-order chi connectivity index (χ0) is 14.5. The Morgan fingerprint density at radius 3 is 2.79 bits per heavy atom. The maximum atomic E-state index is 12.0. The van der Waals surface area contributed by atoms with Crippen LogP contribution in [0, 0.1) is 0 Å². The summed E-state index contributed by atoms with van der Waals surface area (Å²) in [5.41, 5.74) is 5.59. The third-order valence-corrected chi connectivity index (χ3v) is 3.90. The second-order valence-corrected chi connectivity index (χ2v) is 5.70. The van der Waals surface area contributed by atoms with E-state index >= 15 is 0 Å². The second kappa shape index (κ2) is 6.53. The lowest BCUT2D eigenvalue weighted by Crippen LogP contribution is -2.29. The van der Waals surface area contributed by atoms with Crippen LogP contribution >= 0.6 is 0 Å². The van der Waals surface area contributed by atoms with E-state index in [1.807, 2.05) is 6.92 Å². The van der Waals surface area contributed by atoms with Crippen molar-refractivity contribution in [2.24, 2.45) is 0 Å². The summed E-state index contributed by atoms with van der Waals surface area (Å²) in [6.07, 6.45) is 2.28. The van der Waals surface area contributed by atoms with Gasteiger partial charge in [0, 0.05) is 32.8 Å². The molecule has 108 valence electrons. The van der Waals surface area contributed by atoms with Crippen LogP contribution in [0.25, 0.3) is 0 Å². The molecule has 1 amide bonds. The average Bonchev–Trinajstić information content (AvgIpc) is 2.71. The van der Waals surface area contributed by atoms with Crippen molar-refractivity contribution in [2.45, 2.75) is 31.2 Å². The Balaban J connectivity index is 2.74. The first-order valence-corrected chi connectivity index (χ1v) is 7.42. The van der Waals surface area contributed by atoms with Gasteiger partial charge in [-0.1, -0.05) is 6.92 Å². The highest BCUT2D eigenvalue weighted by Gasteiger charge is 2.20. The summed E-state index contributed by atoms with van der Waals surface area (Å²) in [7, 11) is -2.24. The van der Waals surface area contributed by atoms with Gasteiger partial charge in [0.25, 0.3) is 0 Å². The van der Waals surface area contributed by atoms with E-state index in [-0.39, 0.29) is 29.6 Å². The fourth-order valence-corrected chi connectivity index (χ4v) is 2.57. The van der Waals surface area contributed by atoms with Gasteiger partial charge in [-0.05, 0) is 6.42 Å². The van der Waals surface area contributed by atoms with Crippen molar-refractivity contribution < 1.29 is 13.2 Å². The first-order chi connectivity index (χ1) is 8.90. The molecule has 4 N–H and O–H groups in total. The van der Waals surface area contributed by atoms with Crippen molar-refractivity contribution >= 4 is 21.7 Å². The number of aromatic nitrogens is 2. The highest BCUT2D eigenvalue weighted by Crippen LogP contribution is 2.15. The Labute approximate surface area is 112 Å². The molecule has 1 heterocycles. The number of rotatable bonds is 7. The van der Waals surface area contributed by atoms with Gasteiger partial charge in [-0.2, -0.15) is 5.10 Å². The van der Waals surface area contributed by atoms with E-state index in [0.29, 0.717) is 6.54 Å². The smallest absolute Gasteiger partial charge is 0.245 e. The number of sulfonamides is 1. The highest BCUT2D eigenvalue weighted by atomic mass is 32.2. The molecule has 1 rings (SSSR count). The lowest BCUT2D eigenvalue weighted by atomic mass is 10.4. The Kier molecular flexibility index (Phi) is 5.31. The molecule has 0 aliphatic rings. The summed E-state index contributed by atoms with van der Waals surface area (Å²) >= 11 is 0. The van der Waals surface area contributed by atoms with Crippen molar-refractivity contribution in [3.63, 3.8) is 0 Å². The molecule has 0 saturated heterocycles. The summed E-state index contributed by atoms with van der Waals surface area (Å²) in [5.74, 6) is -0.279. The molecule has 9 heteroatoms. The molecule has 0 aromatic carbocycles. The van der Waals surface area contributed by atoms with Crippen LogP contribution in [0.3, 0.4) is 0 Å². The number of nitrogens with zero attached hydrogens (tertiary/aromatic N) is 2. The summed E-state index contributed by atoms with van der Waals surface area (Å²) < 4.78 is 27.7. The van der Waals surface area contributed by atoms with Gasteiger partial charge in [-0.15, -0.1) is 0 Å². The van der Waals surface area contributed by atoms with Gasteiger partial charge in [-0.3, -0.25) is 9.48 Å². The van der Waals surface area contributed by atoms with Crippen LogP contribution in [0.1, 0.15) is 19.8 Å². The van der Waals surface area contributed by atoms with E-state index in [2.05, 4.69) is 15.1 Å². The number of hydrogen-bond acceptors (Lipinski definition) is 5. The van der Waals surface area contributed by atoms with Crippen molar-refractivity contribution in [1.82, 2.24) is 19.8 Å². The molecule has 0 saturated carbocycles. The monoisotopic (exact) mass is 289 g/mol. The number of nitrogens with one attached hydrogen (secondary N) is 2. The molecular weight excluding hydrogens is 270 g/mol. The number of anilines is 1. The Bertz CT molecular complexity index is 537. The van der Waals surface area contributed by atoms with E-state index in [1.165, 1.54) is 17.9 Å². The quantitative estimate of drug-likeness (QED) is 0.612. The van der Waals surface area contributed by atoms with Crippen LogP contribution < -0.4 is 15.8 Å². The predicted octanol–water partition coefficient (Wildman–Crippen LogP) is -0.710. The van der Waals surface area contributed by atoms with Gasteiger partial charge in [0.05, 0.1) is 0 Å². The summed E-state index contributed by atoms with van der Waals surface area (Å²) in [5, 5.41) is 6.33. The number of aryl methyl sites for hydroxylation is 1. The molecule has 0 aliphatic carbocycles. The SMILES string of the molecule is CCCn1cc(S(=O)(=O)NCCC(=O)NC)c(N)n1. The van der Waals surface area contributed by atoms with Gasteiger partial charge < -0.3 is 11.1 Å². The molecule has 1 aromatic heterocycles. The van der Waals surface area contributed by atoms with Crippen molar-refractivity contribution in [3.05, 3.63) is 6.20 Å². The lowest BCUT2D eigenvalue weighted by molar-refractivity contribution is -0.120. The molecule has 8 nitrogen and oxygen atoms in total. The zero-order valence-electron chi connectivity index (χ0n) is 11.0. The Hall–Kier alpha value is -1.61. The largest absolute Gasteiger partial charge is 0.381 e. The van der Waals surface area contributed by atoms with E-state index in [4.69, 9.17) is 5.73 Å². The fourth-order valence-electron chi connectivity index (χ4n) is 1.47. The summed E-state index contributed by atoms with van der Waals surface area (Å²) in [6, 6.07) is 0. The summed E-state index contributed by atoms with van der Waals surface area (Å²) in [4.78, 5) is 10.9. The third kappa shape index (κ3) is 4.21.